The molecular weight excluding hydrogens is 310 g/mol. The Kier molecular flexibility index (Phi) is 4.31. The Morgan fingerprint density at radius 1 is 1.11 bits per heavy atom. The van der Waals surface area contributed by atoms with Crippen molar-refractivity contribution >= 4 is 33.2 Å². The molecule has 2 aromatic carbocycles. The number of rotatable bonds is 3. The van der Waals surface area contributed by atoms with Gasteiger partial charge in [0.25, 0.3) is 0 Å². The van der Waals surface area contributed by atoms with E-state index in [0.717, 1.165) is 21.7 Å². The molecule has 1 nitrogen and oxygen atoms in total. The molecule has 1 N–H and O–H groups in total. The predicted molar refractivity (Wildman–Crippen MR) is 82.4 cm³/mol. The van der Waals surface area contributed by atoms with Gasteiger partial charge in [-0.2, -0.15) is 0 Å². The normalized spacial score (nSPS) is 10.4. The zero-order valence-corrected chi connectivity index (χ0v) is 12.8. The van der Waals surface area contributed by atoms with E-state index < -0.39 is 0 Å². The van der Waals surface area contributed by atoms with Gasteiger partial charge in [0.05, 0.1) is 5.02 Å². The van der Waals surface area contributed by atoms with Gasteiger partial charge in [-0.1, -0.05) is 35.4 Å². The molecule has 0 atom stereocenters. The number of anilines is 1. The highest BCUT2D eigenvalue weighted by Crippen LogP contribution is 2.26. The van der Waals surface area contributed by atoms with Gasteiger partial charge >= 0.3 is 0 Å². The summed E-state index contributed by atoms with van der Waals surface area (Å²) < 4.78 is 0.912. The Labute approximate surface area is 121 Å². The van der Waals surface area contributed by atoms with Crippen molar-refractivity contribution in [1.29, 1.82) is 0 Å². The van der Waals surface area contributed by atoms with E-state index in [1.54, 1.807) is 0 Å². The molecule has 0 heterocycles. The molecule has 0 aromatic heterocycles. The Morgan fingerprint density at radius 3 is 2.61 bits per heavy atom. The smallest absolute Gasteiger partial charge is 0.0549 e. The first-order chi connectivity index (χ1) is 8.56. The van der Waals surface area contributed by atoms with E-state index in [-0.39, 0.29) is 0 Å². The lowest BCUT2D eigenvalue weighted by Crippen LogP contribution is -2.01. The van der Waals surface area contributed by atoms with Gasteiger partial charge in [-0.15, -0.1) is 0 Å². The summed E-state index contributed by atoms with van der Waals surface area (Å²) in [5.41, 5.74) is 4.98. The molecule has 3 heteroatoms. The average molecular weight is 325 g/mol. The second kappa shape index (κ2) is 5.77. The molecule has 0 amide bonds. The molecule has 0 saturated carbocycles. The molecule has 0 aliphatic carbocycles. The molecule has 0 saturated heterocycles. The first kappa shape index (κ1) is 13.4. The van der Waals surface area contributed by atoms with Gasteiger partial charge in [0, 0.05) is 16.7 Å². The molecule has 0 aliphatic rings. The van der Waals surface area contributed by atoms with Crippen molar-refractivity contribution in [3.8, 4) is 0 Å². The van der Waals surface area contributed by atoms with E-state index in [9.17, 15) is 0 Å². The van der Waals surface area contributed by atoms with Crippen molar-refractivity contribution in [3.63, 3.8) is 0 Å². The van der Waals surface area contributed by atoms with Crippen molar-refractivity contribution in [2.75, 3.05) is 5.32 Å². The number of nitrogens with one attached hydrogen (secondary N) is 1. The second-order valence-electron chi connectivity index (χ2n) is 4.41. The summed E-state index contributed by atoms with van der Waals surface area (Å²) in [6.45, 7) is 5.07. The highest BCUT2D eigenvalue weighted by atomic mass is 79.9. The average Bonchev–Trinajstić information content (AvgIpc) is 2.34. The minimum atomic E-state index is 0.729. The minimum absolute atomic E-state index is 0.729. The van der Waals surface area contributed by atoms with E-state index >= 15 is 0 Å². The second-order valence-corrected chi connectivity index (χ2v) is 5.67. The lowest BCUT2D eigenvalue weighted by Gasteiger charge is -2.10. The zero-order valence-electron chi connectivity index (χ0n) is 10.4. The van der Waals surface area contributed by atoms with Crippen LogP contribution in [0.2, 0.25) is 5.02 Å². The van der Waals surface area contributed by atoms with Crippen LogP contribution in [0, 0.1) is 13.8 Å². The summed E-state index contributed by atoms with van der Waals surface area (Å²) >= 11 is 9.40. The Bertz CT molecular complexity index is 566. The standard InChI is InChI=1S/C15H15BrClN/c1-10-3-4-11(2)12(7-10)9-18-13-5-6-15(17)14(16)8-13/h3-8,18H,9H2,1-2H3. The minimum Gasteiger partial charge on any atom is -0.381 e. The van der Waals surface area contributed by atoms with Crippen LogP contribution in [0.5, 0.6) is 0 Å². The maximum atomic E-state index is 5.97. The fraction of sp³-hybridized carbons (Fsp3) is 0.200. The highest BCUT2D eigenvalue weighted by Gasteiger charge is 2.01. The summed E-state index contributed by atoms with van der Waals surface area (Å²) in [5.74, 6) is 0. The summed E-state index contributed by atoms with van der Waals surface area (Å²) in [7, 11) is 0. The fourth-order valence-corrected chi connectivity index (χ4v) is 2.29. The first-order valence-corrected chi connectivity index (χ1v) is 6.98. The maximum Gasteiger partial charge on any atom is 0.0549 e. The van der Waals surface area contributed by atoms with Crippen LogP contribution >= 0.6 is 27.5 Å². The number of benzene rings is 2. The third-order valence-corrected chi connectivity index (χ3v) is 4.12. The molecule has 94 valence electrons. The van der Waals surface area contributed by atoms with Crippen LogP contribution in [-0.4, -0.2) is 0 Å². The van der Waals surface area contributed by atoms with Crippen LogP contribution in [0.3, 0.4) is 0 Å². The largest absolute Gasteiger partial charge is 0.381 e. The van der Waals surface area contributed by atoms with Gasteiger partial charge in [-0.3, -0.25) is 0 Å². The number of halogens is 2. The Morgan fingerprint density at radius 2 is 1.89 bits per heavy atom. The first-order valence-electron chi connectivity index (χ1n) is 5.81. The molecule has 2 rings (SSSR count). The van der Waals surface area contributed by atoms with Crippen molar-refractivity contribution in [3.05, 3.63) is 62.6 Å². The zero-order chi connectivity index (χ0) is 13.1. The Hall–Kier alpha value is -0.990. The molecule has 0 radical (unpaired) electrons. The van der Waals surface area contributed by atoms with Crippen molar-refractivity contribution in [2.24, 2.45) is 0 Å². The molecule has 0 bridgehead atoms. The summed E-state index contributed by atoms with van der Waals surface area (Å²) in [6, 6.07) is 12.4. The third-order valence-electron chi connectivity index (χ3n) is 2.91. The fourth-order valence-electron chi connectivity index (χ4n) is 1.79. The van der Waals surface area contributed by atoms with E-state index in [1.807, 2.05) is 18.2 Å². The van der Waals surface area contributed by atoms with Crippen molar-refractivity contribution in [1.82, 2.24) is 0 Å². The molecule has 2 aromatic rings. The third kappa shape index (κ3) is 3.27. The van der Waals surface area contributed by atoms with Gasteiger partial charge in [0.1, 0.15) is 0 Å². The van der Waals surface area contributed by atoms with Gasteiger partial charge in [-0.25, -0.2) is 0 Å². The van der Waals surface area contributed by atoms with Gasteiger partial charge in [0.2, 0.25) is 0 Å². The molecule has 0 aliphatic heterocycles. The number of hydrogen-bond donors (Lipinski definition) is 1. The summed E-state index contributed by atoms with van der Waals surface area (Å²) in [4.78, 5) is 0. The van der Waals surface area contributed by atoms with Crippen molar-refractivity contribution < 1.29 is 0 Å². The highest BCUT2D eigenvalue weighted by molar-refractivity contribution is 9.10. The van der Waals surface area contributed by atoms with Crippen LogP contribution in [0.15, 0.2) is 40.9 Å². The topological polar surface area (TPSA) is 12.0 Å². The monoisotopic (exact) mass is 323 g/mol. The van der Waals surface area contributed by atoms with E-state index in [4.69, 9.17) is 11.6 Å². The number of aryl methyl sites for hydroxylation is 2. The summed E-state index contributed by atoms with van der Waals surface area (Å²) in [5, 5.41) is 4.14. The lowest BCUT2D eigenvalue weighted by molar-refractivity contribution is 1.11. The molecule has 0 unspecified atom stereocenters. The lowest BCUT2D eigenvalue weighted by atomic mass is 10.1. The predicted octanol–water partition coefficient (Wildman–Crippen LogP) is 5.33. The molecular formula is C15H15BrClN. The van der Waals surface area contributed by atoms with E-state index in [2.05, 4.69) is 53.3 Å². The molecule has 0 fully saturated rings. The quantitative estimate of drug-likeness (QED) is 0.804. The van der Waals surface area contributed by atoms with Gasteiger partial charge in [-0.05, 0) is 59.1 Å². The molecule has 18 heavy (non-hydrogen) atoms. The SMILES string of the molecule is Cc1ccc(C)c(CNc2ccc(Cl)c(Br)c2)c1. The van der Waals surface area contributed by atoms with Crippen LogP contribution in [-0.2, 0) is 6.54 Å². The van der Waals surface area contributed by atoms with Crippen molar-refractivity contribution in [2.45, 2.75) is 20.4 Å². The van der Waals surface area contributed by atoms with Crippen LogP contribution in [0.1, 0.15) is 16.7 Å². The van der Waals surface area contributed by atoms with Crippen LogP contribution < -0.4 is 5.32 Å². The van der Waals surface area contributed by atoms with Crippen LogP contribution in [0.4, 0.5) is 5.69 Å². The van der Waals surface area contributed by atoms with E-state index in [1.165, 1.54) is 16.7 Å². The summed E-state index contributed by atoms with van der Waals surface area (Å²) in [6.07, 6.45) is 0. The molecule has 0 spiro atoms. The Balaban J connectivity index is 2.11. The number of hydrogen-bond acceptors (Lipinski definition) is 1. The van der Waals surface area contributed by atoms with Gasteiger partial charge < -0.3 is 5.32 Å². The maximum absolute atomic E-state index is 5.97. The van der Waals surface area contributed by atoms with Crippen LogP contribution in [0.25, 0.3) is 0 Å². The van der Waals surface area contributed by atoms with E-state index in [0.29, 0.717) is 0 Å². The van der Waals surface area contributed by atoms with Gasteiger partial charge in [0.15, 0.2) is 0 Å².